The van der Waals surface area contributed by atoms with Crippen LogP contribution in [0.1, 0.15) is 20.3 Å². The van der Waals surface area contributed by atoms with Crippen LogP contribution in [0.4, 0.5) is 4.79 Å². The smallest absolute Gasteiger partial charge is 0.317 e. The normalized spacial score (nSPS) is 29.5. The number of carbonyl (C=O) groups excluding carboxylic acids is 1. The number of urea groups is 1. The van der Waals surface area contributed by atoms with Gasteiger partial charge >= 0.3 is 6.03 Å². The molecule has 15 heavy (non-hydrogen) atoms. The largest absolute Gasteiger partial charge is 0.376 e. The predicted octanol–water partition coefficient (Wildman–Crippen LogP) is 0.152. The topological polar surface area (TPSA) is 67.6 Å². The van der Waals surface area contributed by atoms with Crippen molar-refractivity contribution in [3.05, 3.63) is 0 Å². The molecule has 1 aliphatic carbocycles. The predicted molar refractivity (Wildman–Crippen MR) is 58.6 cm³/mol. The van der Waals surface area contributed by atoms with Gasteiger partial charge in [0.25, 0.3) is 0 Å². The van der Waals surface area contributed by atoms with Crippen molar-refractivity contribution in [2.24, 2.45) is 5.73 Å². The number of ether oxygens (including phenoxy) is 1. The van der Waals surface area contributed by atoms with Crippen LogP contribution < -0.4 is 11.1 Å². The van der Waals surface area contributed by atoms with E-state index in [1.165, 1.54) is 0 Å². The monoisotopic (exact) mass is 215 g/mol. The number of hydrogen-bond donors (Lipinski definition) is 2. The first kappa shape index (κ1) is 12.3. The number of rotatable bonds is 4. The maximum atomic E-state index is 11.6. The van der Waals surface area contributed by atoms with Gasteiger partial charge in [0.05, 0.1) is 12.1 Å². The van der Waals surface area contributed by atoms with Crippen molar-refractivity contribution in [3.63, 3.8) is 0 Å². The summed E-state index contributed by atoms with van der Waals surface area (Å²) in [5.74, 6) is 0. The highest BCUT2D eigenvalue weighted by molar-refractivity contribution is 5.74. The second kappa shape index (κ2) is 5.32. The van der Waals surface area contributed by atoms with E-state index in [0.29, 0.717) is 13.2 Å². The van der Waals surface area contributed by atoms with Crippen molar-refractivity contribution < 1.29 is 9.53 Å². The van der Waals surface area contributed by atoms with Crippen LogP contribution in [0.15, 0.2) is 0 Å². The van der Waals surface area contributed by atoms with Crippen molar-refractivity contribution >= 4 is 6.03 Å². The van der Waals surface area contributed by atoms with E-state index in [2.05, 4.69) is 5.32 Å². The summed E-state index contributed by atoms with van der Waals surface area (Å²) >= 11 is 0. The lowest BCUT2D eigenvalue weighted by molar-refractivity contribution is -0.0292. The van der Waals surface area contributed by atoms with Gasteiger partial charge in [0, 0.05) is 26.2 Å². The van der Waals surface area contributed by atoms with Crippen LogP contribution in [0.2, 0.25) is 0 Å². The summed E-state index contributed by atoms with van der Waals surface area (Å²) in [6, 6.07) is -0.0930. The molecule has 1 fully saturated rings. The summed E-state index contributed by atoms with van der Waals surface area (Å²) in [5, 5.41) is 2.89. The molecule has 3 N–H and O–H groups in total. The Labute approximate surface area is 90.9 Å². The molecule has 0 aromatic heterocycles. The Balaban J connectivity index is 2.39. The lowest BCUT2D eigenvalue weighted by Crippen LogP contribution is -2.65. The summed E-state index contributed by atoms with van der Waals surface area (Å²) in [4.78, 5) is 13.2. The van der Waals surface area contributed by atoms with Crippen molar-refractivity contribution in [2.45, 2.75) is 38.5 Å². The Hall–Kier alpha value is -0.810. The van der Waals surface area contributed by atoms with E-state index in [9.17, 15) is 4.79 Å². The molecule has 3 atom stereocenters. The zero-order chi connectivity index (χ0) is 11.4. The van der Waals surface area contributed by atoms with Crippen LogP contribution >= 0.6 is 0 Å². The van der Waals surface area contributed by atoms with Gasteiger partial charge in [-0.15, -0.1) is 0 Å². The van der Waals surface area contributed by atoms with E-state index in [1.54, 1.807) is 11.9 Å². The number of hydrogen-bond acceptors (Lipinski definition) is 3. The van der Waals surface area contributed by atoms with Crippen molar-refractivity contribution in [3.8, 4) is 0 Å². The molecule has 0 aromatic carbocycles. The molecule has 3 unspecified atom stereocenters. The Bertz CT molecular complexity index is 221. The number of nitrogens with two attached hydrogens (primary N) is 1. The molecule has 5 heteroatoms. The first-order chi connectivity index (χ1) is 7.10. The molecule has 1 rings (SSSR count). The fraction of sp³-hybridized carbons (Fsp3) is 0.900. The summed E-state index contributed by atoms with van der Waals surface area (Å²) in [6.07, 6.45) is 0.911. The van der Waals surface area contributed by atoms with Crippen molar-refractivity contribution in [1.82, 2.24) is 10.2 Å². The fourth-order valence-electron chi connectivity index (χ4n) is 1.62. The van der Waals surface area contributed by atoms with Gasteiger partial charge in [0.2, 0.25) is 0 Å². The Kier molecular flexibility index (Phi) is 4.35. The van der Waals surface area contributed by atoms with Gasteiger partial charge in [0.15, 0.2) is 0 Å². The Morgan fingerprint density at radius 3 is 2.73 bits per heavy atom. The van der Waals surface area contributed by atoms with E-state index in [4.69, 9.17) is 10.5 Å². The number of amides is 2. The van der Waals surface area contributed by atoms with E-state index in [0.717, 1.165) is 6.42 Å². The minimum absolute atomic E-state index is 0.0238. The quantitative estimate of drug-likeness (QED) is 0.701. The highest BCUT2D eigenvalue weighted by Crippen LogP contribution is 2.22. The summed E-state index contributed by atoms with van der Waals surface area (Å²) in [6.45, 7) is 5.22. The minimum Gasteiger partial charge on any atom is -0.376 e. The molecule has 0 heterocycles. The standard InChI is InChI=1S/C10H21N3O2/c1-4-13(3)10(14)12-9-7(11)6-8(9)15-5-2/h7-9H,4-6,11H2,1-3H3,(H,12,14). The minimum atomic E-state index is -0.0812. The van der Waals surface area contributed by atoms with Crippen LogP contribution in [0.3, 0.4) is 0 Å². The zero-order valence-electron chi connectivity index (χ0n) is 9.69. The van der Waals surface area contributed by atoms with Crippen LogP contribution in [0, 0.1) is 0 Å². The number of nitrogens with one attached hydrogen (secondary N) is 1. The Morgan fingerprint density at radius 1 is 1.60 bits per heavy atom. The average Bonchev–Trinajstić information content (AvgIpc) is 2.24. The molecule has 0 aromatic rings. The van der Waals surface area contributed by atoms with E-state index in [-0.39, 0.29) is 24.2 Å². The summed E-state index contributed by atoms with van der Waals surface area (Å²) < 4.78 is 5.46. The highest BCUT2D eigenvalue weighted by atomic mass is 16.5. The van der Waals surface area contributed by atoms with Crippen LogP contribution in [0.25, 0.3) is 0 Å². The lowest BCUT2D eigenvalue weighted by atomic mass is 9.83. The average molecular weight is 215 g/mol. The SMILES string of the molecule is CCOC1CC(N)C1NC(=O)N(C)CC. The van der Waals surface area contributed by atoms with Crippen molar-refractivity contribution in [2.75, 3.05) is 20.2 Å². The second-order valence-electron chi connectivity index (χ2n) is 3.88. The molecular formula is C10H21N3O2. The van der Waals surface area contributed by atoms with E-state index in [1.807, 2.05) is 13.8 Å². The third kappa shape index (κ3) is 2.82. The van der Waals surface area contributed by atoms with Crippen molar-refractivity contribution in [1.29, 1.82) is 0 Å². The van der Waals surface area contributed by atoms with Gasteiger partial charge in [-0.2, -0.15) is 0 Å². The van der Waals surface area contributed by atoms with Gasteiger partial charge in [-0.1, -0.05) is 0 Å². The highest BCUT2D eigenvalue weighted by Gasteiger charge is 2.40. The van der Waals surface area contributed by atoms with Gasteiger partial charge in [-0.25, -0.2) is 4.79 Å². The molecule has 88 valence electrons. The zero-order valence-corrected chi connectivity index (χ0v) is 9.69. The lowest BCUT2D eigenvalue weighted by Gasteiger charge is -2.42. The summed E-state index contributed by atoms with van der Waals surface area (Å²) in [7, 11) is 1.76. The van der Waals surface area contributed by atoms with Crippen LogP contribution in [0.5, 0.6) is 0 Å². The molecule has 0 saturated heterocycles. The van der Waals surface area contributed by atoms with E-state index < -0.39 is 0 Å². The van der Waals surface area contributed by atoms with E-state index >= 15 is 0 Å². The third-order valence-electron chi connectivity index (χ3n) is 2.86. The molecular weight excluding hydrogens is 194 g/mol. The van der Waals surface area contributed by atoms with Crippen LogP contribution in [-0.2, 0) is 4.74 Å². The Morgan fingerprint density at radius 2 is 2.27 bits per heavy atom. The van der Waals surface area contributed by atoms with Gasteiger partial charge in [-0.05, 0) is 20.3 Å². The summed E-state index contributed by atoms with van der Waals surface area (Å²) in [5.41, 5.74) is 5.82. The van der Waals surface area contributed by atoms with Gasteiger partial charge < -0.3 is 20.7 Å². The second-order valence-corrected chi connectivity index (χ2v) is 3.88. The maximum Gasteiger partial charge on any atom is 0.317 e. The first-order valence-electron chi connectivity index (χ1n) is 5.48. The van der Waals surface area contributed by atoms with Crippen LogP contribution in [-0.4, -0.2) is 49.3 Å². The molecule has 0 spiro atoms. The molecule has 0 aliphatic heterocycles. The van der Waals surface area contributed by atoms with Gasteiger partial charge in [-0.3, -0.25) is 0 Å². The number of carbonyl (C=O) groups is 1. The molecule has 2 amide bonds. The molecule has 5 nitrogen and oxygen atoms in total. The first-order valence-corrected chi connectivity index (χ1v) is 5.48. The molecule has 1 saturated carbocycles. The molecule has 1 aliphatic rings. The number of nitrogens with zero attached hydrogens (tertiary/aromatic N) is 1. The third-order valence-corrected chi connectivity index (χ3v) is 2.86. The molecule has 0 radical (unpaired) electrons. The van der Waals surface area contributed by atoms with Gasteiger partial charge in [0.1, 0.15) is 0 Å². The fourth-order valence-corrected chi connectivity index (χ4v) is 1.62. The molecule has 0 bridgehead atoms. The maximum absolute atomic E-state index is 11.6.